The summed E-state index contributed by atoms with van der Waals surface area (Å²) >= 11 is 0. The molecule has 1 heterocycles. The average molecular weight is 256 g/mol. The molecule has 18 heavy (non-hydrogen) atoms. The van der Waals surface area contributed by atoms with Crippen LogP contribution in [0.4, 0.5) is 0 Å². The second-order valence-corrected chi connectivity index (χ2v) is 5.15. The van der Waals surface area contributed by atoms with E-state index >= 15 is 0 Å². The third kappa shape index (κ3) is 1.56. The molecule has 0 aromatic heterocycles. The maximum atomic E-state index is 12.2. The molecule has 0 amide bonds. The lowest BCUT2D eigenvalue weighted by Crippen LogP contribution is -2.62. The van der Waals surface area contributed by atoms with Crippen LogP contribution in [0.1, 0.15) is 39.5 Å². The lowest BCUT2D eigenvalue weighted by atomic mass is 9.65. The van der Waals surface area contributed by atoms with E-state index in [1.807, 2.05) is 6.92 Å². The first-order valence-corrected chi connectivity index (χ1v) is 6.58. The lowest BCUT2D eigenvalue weighted by Gasteiger charge is -2.46. The van der Waals surface area contributed by atoms with E-state index in [1.165, 1.54) is 0 Å². The molecule has 2 rings (SSSR count). The highest BCUT2D eigenvalue weighted by Gasteiger charge is 2.67. The predicted octanol–water partition coefficient (Wildman–Crippen LogP) is 1.03. The third-order valence-corrected chi connectivity index (χ3v) is 4.39. The van der Waals surface area contributed by atoms with Crippen LogP contribution in [-0.4, -0.2) is 35.9 Å². The van der Waals surface area contributed by atoms with Crippen molar-refractivity contribution in [3.63, 3.8) is 0 Å². The minimum Gasteiger partial charge on any atom is -0.465 e. The van der Waals surface area contributed by atoms with E-state index in [0.29, 0.717) is 25.7 Å². The number of cyclic esters (lactones) is 1. The molecule has 0 unspecified atom stereocenters. The van der Waals surface area contributed by atoms with E-state index in [-0.39, 0.29) is 13.2 Å². The van der Waals surface area contributed by atoms with Crippen LogP contribution in [0.5, 0.6) is 0 Å². The van der Waals surface area contributed by atoms with Crippen molar-refractivity contribution in [2.75, 3.05) is 13.2 Å². The normalized spacial score (nSPS) is 39.1. The van der Waals surface area contributed by atoms with E-state index in [0.717, 1.165) is 0 Å². The van der Waals surface area contributed by atoms with Crippen LogP contribution in [0.15, 0.2) is 0 Å². The van der Waals surface area contributed by atoms with Crippen LogP contribution in [0.2, 0.25) is 0 Å². The van der Waals surface area contributed by atoms with Crippen LogP contribution < -0.4 is 0 Å². The first-order chi connectivity index (χ1) is 8.52. The summed E-state index contributed by atoms with van der Waals surface area (Å²) in [6.07, 6.45) is 2.16. The lowest BCUT2D eigenvalue weighted by molar-refractivity contribution is -0.215. The van der Waals surface area contributed by atoms with Crippen molar-refractivity contribution in [3.8, 4) is 0 Å². The Labute approximate surface area is 106 Å². The Morgan fingerprint density at radius 1 is 1.50 bits per heavy atom. The Kier molecular flexibility index (Phi) is 3.36. The van der Waals surface area contributed by atoms with Gasteiger partial charge in [0.2, 0.25) is 0 Å². The van der Waals surface area contributed by atoms with Crippen molar-refractivity contribution in [1.82, 2.24) is 0 Å². The minimum atomic E-state index is -1.30. The summed E-state index contributed by atoms with van der Waals surface area (Å²) in [6.45, 7) is 3.76. The molecular formula is C13H20O5. The van der Waals surface area contributed by atoms with Gasteiger partial charge in [-0.05, 0) is 32.6 Å². The first kappa shape index (κ1) is 13.3. The van der Waals surface area contributed by atoms with Crippen molar-refractivity contribution >= 4 is 11.9 Å². The second kappa shape index (κ2) is 4.53. The van der Waals surface area contributed by atoms with Crippen molar-refractivity contribution in [2.24, 2.45) is 11.3 Å². The highest BCUT2D eigenvalue weighted by molar-refractivity contribution is 5.85. The molecule has 1 aliphatic heterocycles. The highest BCUT2D eigenvalue weighted by Crippen LogP contribution is 2.54. The molecule has 102 valence electrons. The van der Waals surface area contributed by atoms with Gasteiger partial charge in [0.1, 0.15) is 12.0 Å². The van der Waals surface area contributed by atoms with Crippen molar-refractivity contribution in [3.05, 3.63) is 0 Å². The average Bonchev–Trinajstić information content (AvgIpc) is 2.67. The van der Waals surface area contributed by atoms with Crippen LogP contribution >= 0.6 is 0 Å². The molecule has 5 nitrogen and oxygen atoms in total. The maximum Gasteiger partial charge on any atom is 0.318 e. The van der Waals surface area contributed by atoms with E-state index in [2.05, 4.69) is 0 Å². The topological polar surface area (TPSA) is 72.8 Å². The summed E-state index contributed by atoms with van der Waals surface area (Å²) in [5, 5.41) is 10.9. The Bertz CT molecular complexity index is 366. The fourth-order valence-electron chi connectivity index (χ4n) is 3.42. The molecule has 1 aliphatic carbocycles. The van der Waals surface area contributed by atoms with Gasteiger partial charge in [-0.2, -0.15) is 0 Å². The number of hydrogen-bond donors (Lipinski definition) is 1. The summed E-state index contributed by atoms with van der Waals surface area (Å²) in [4.78, 5) is 24.0. The van der Waals surface area contributed by atoms with Crippen LogP contribution in [0, 0.1) is 11.3 Å². The molecule has 0 radical (unpaired) electrons. The van der Waals surface area contributed by atoms with Gasteiger partial charge >= 0.3 is 11.9 Å². The largest absolute Gasteiger partial charge is 0.465 e. The summed E-state index contributed by atoms with van der Waals surface area (Å²) in [5.74, 6) is -1.46. The summed E-state index contributed by atoms with van der Waals surface area (Å²) in [7, 11) is 0. The fraction of sp³-hybridized carbons (Fsp3) is 0.846. The Balaban J connectivity index is 2.39. The number of carbonyl (C=O) groups excluding carboxylic acids is 2. The molecule has 0 aromatic carbocycles. The van der Waals surface area contributed by atoms with Gasteiger partial charge in [-0.3, -0.25) is 9.59 Å². The molecule has 2 aliphatic rings. The van der Waals surface area contributed by atoms with E-state index < -0.39 is 28.9 Å². The smallest absolute Gasteiger partial charge is 0.318 e. The van der Waals surface area contributed by atoms with E-state index in [1.54, 1.807) is 6.92 Å². The molecular weight excluding hydrogens is 236 g/mol. The van der Waals surface area contributed by atoms with Gasteiger partial charge < -0.3 is 14.6 Å². The van der Waals surface area contributed by atoms with Crippen molar-refractivity contribution in [1.29, 1.82) is 0 Å². The number of esters is 2. The number of fused-ring (bicyclic) bond motifs is 1. The molecule has 5 heteroatoms. The number of rotatable bonds is 3. The third-order valence-electron chi connectivity index (χ3n) is 4.39. The van der Waals surface area contributed by atoms with Gasteiger partial charge in [0.05, 0.1) is 18.1 Å². The Morgan fingerprint density at radius 3 is 2.83 bits per heavy atom. The van der Waals surface area contributed by atoms with Gasteiger partial charge in [-0.25, -0.2) is 0 Å². The van der Waals surface area contributed by atoms with Gasteiger partial charge in [-0.15, -0.1) is 0 Å². The number of ether oxygens (including phenoxy) is 2. The Morgan fingerprint density at radius 2 is 2.22 bits per heavy atom. The maximum absolute atomic E-state index is 12.2. The number of carbonyl (C=O) groups is 2. The molecule has 3 atom stereocenters. The van der Waals surface area contributed by atoms with Crippen LogP contribution in [0.25, 0.3) is 0 Å². The second-order valence-electron chi connectivity index (χ2n) is 5.15. The quantitative estimate of drug-likeness (QED) is 0.764. The summed E-state index contributed by atoms with van der Waals surface area (Å²) < 4.78 is 10.2. The monoisotopic (exact) mass is 256 g/mol. The summed E-state index contributed by atoms with van der Waals surface area (Å²) in [6, 6.07) is 0. The van der Waals surface area contributed by atoms with E-state index in [4.69, 9.17) is 9.47 Å². The number of aliphatic hydroxyl groups is 1. The van der Waals surface area contributed by atoms with Gasteiger partial charge in [0.15, 0.2) is 0 Å². The zero-order valence-corrected chi connectivity index (χ0v) is 10.9. The molecule has 0 spiro atoms. The zero-order chi connectivity index (χ0) is 13.4. The minimum absolute atomic E-state index is 0.0579. The molecule has 0 aromatic rings. The Hall–Kier alpha value is -1.10. The number of hydrogen-bond acceptors (Lipinski definition) is 5. The van der Waals surface area contributed by atoms with Gasteiger partial charge in [-0.1, -0.05) is 6.92 Å². The molecule has 1 saturated carbocycles. The van der Waals surface area contributed by atoms with E-state index in [9.17, 15) is 14.7 Å². The van der Waals surface area contributed by atoms with Crippen LogP contribution in [0.3, 0.4) is 0 Å². The molecule has 1 N–H and O–H groups in total. The fourth-order valence-corrected chi connectivity index (χ4v) is 3.42. The molecule has 1 saturated heterocycles. The standard InChI is InChI=1S/C13H20O5/c1-3-9-10(14)18-8-12(11(15)17-4-2)6-5-7-13(9,12)16/h9,16H,3-8H2,1-2H3/t9-,12-,13-/m0/s1. The predicted molar refractivity (Wildman–Crippen MR) is 62.6 cm³/mol. The summed E-state index contributed by atoms with van der Waals surface area (Å²) in [5.41, 5.74) is -2.36. The zero-order valence-electron chi connectivity index (χ0n) is 10.9. The highest BCUT2D eigenvalue weighted by atomic mass is 16.6. The van der Waals surface area contributed by atoms with Crippen molar-refractivity contribution < 1.29 is 24.2 Å². The first-order valence-electron chi connectivity index (χ1n) is 6.58. The van der Waals surface area contributed by atoms with Crippen LogP contribution in [-0.2, 0) is 19.1 Å². The van der Waals surface area contributed by atoms with Gasteiger partial charge in [0, 0.05) is 0 Å². The van der Waals surface area contributed by atoms with Gasteiger partial charge in [0.25, 0.3) is 0 Å². The van der Waals surface area contributed by atoms with Crippen molar-refractivity contribution in [2.45, 2.75) is 45.1 Å². The molecule has 0 bridgehead atoms. The SMILES string of the molecule is CCOC(=O)[C@@]12CCC[C@]1(O)[C@@H](CC)C(=O)OC2. The molecule has 2 fully saturated rings.